The molecule has 0 radical (unpaired) electrons. The van der Waals surface area contributed by atoms with Crippen molar-refractivity contribution < 1.29 is 5.11 Å². The molecule has 0 aromatic heterocycles. The summed E-state index contributed by atoms with van der Waals surface area (Å²) in [4.78, 5) is 1.28. The van der Waals surface area contributed by atoms with Gasteiger partial charge in [-0.1, -0.05) is 48.5 Å². The molecule has 2 rings (SSSR count). The van der Waals surface area contributed by atoms with Crippen LogP contribution < -0.4 is 0 Å². The third-order valence-corrected chi connectivity index (χ3v) is 4.39. The van der Waals surface area contributed by atoms with Gasteiger partial charge in [-0.2, -0.15) is 0 Å². The molecular weight excluding hydrogens is 240 g/mol. The summed E-state index contributed by atoms with van der Waals surface area (Å²) in [6, 6.07) is 16.1. The van der Waals surface area contributed by atoms with E-state index >= 15 is 0 Å². The molecule has 0 unspecified atom stereocenters. The third-order valence-electron chi connectivity index (χ3n) is 2.98. The lowest BCUT2D eigenvalue weighted by atomic mass is 10.1. The fourth-order valence-electron chi connectivity index (χ4n) is 1.96. The van der Waals surface area contributed by atoms with Gasteiger partial charge in [0.25, 0.3) is 0 Å². The molecule has 1 atom stereocenters. The predicted octanol–water partition coefficient (Wildman–Crippen LogP) is 4.13. The highest BCUT2D eigenvalue weighted by Crippen LogP contribution is 2.29. The second-order valence-electron chi connectivity index (χ2n) is 4.46. The van der Waals surface area contributed by atoms with Crippen LogP contribution in [-0.2, 0) is 0 Å². The van der Waals surface area contributed by atoms with Crippen molar-refractivity contribution in [3.8, 4) is 0 Å². The average Bonchev–Trinajstić information content (AvgIpc) is 2.39. The van der Waals surface area contributed by atoms with Crippen LogP contribution in [0.3, 0.4) is 0 Å². The van der Waals surface area contributed by atoms with Gasteiger partial charge in [-0.15, -0.1) is 11.8 Å². The quantitative estimate of drug-likeness (QED) is 0.832. The monoisotopic (exact) mass is 258 g/mol. The van der Waals surface area contributed by atoms with E-state index < -0.39 is 6.10 Å². The lowest BCUT2D eigenvalue weighted by Crippen LogP contribution is -2.00. The second kappa shape index (κ2) is 6.07. The van der Waals surface area contributed by atoms with Gasteiger partial charge < -0.3 is 5.11 Å². The summed E-state index contributed by atoms with van der Waals surface area (Å²) < 4.78 is 0. The van der Waals surface area contributed by atoms with Crippen LogP contribution in [0.5, 0.6) is 0 Å². The van der Waals surface area contributed by atoms with Crippen molar-refractivity contribution >= 4 is 11.8 Å². The number of aryl methyl sites for hydroxylation is 2. The van der Waals surface area contributed by atoms with Gasteiger partial charge in [0.15, 0.2) is 0 Å². The minimum absolute atomic E-state index is 0.407. The molecule has 2 aromatic rings. The molecule has 18 heavy (non-hydrogen) atoms. The molecule has 94 valence electrons. The fourth-order valence-corrected chi connectivity index (χ4v) is 3.07. The van der Waals surface area contributed by atoms with Crippen molar-refractivity contribution in [2.75, 3.05) is 5.75 Å². The molecular formula is C16H18OS. The van der Waals surface area contributed by atoms with Gasteiger partial charge >= 0.3 is 0 Å². The van der Waals surface area contributed by atoms with E-state index in [1.165, 1.54) is 16.0 Å². The molecule has 1 nitrogen and oxygen atoms in total. The number of thioether (sulfide) groups is 1. The van der Waals surface area contributed by atoms with Crippen molar-refractivity contribution in [3.05, 3.63) is 65.2 Å². The minimum Gasteiger partial charge on any atom is -0.388 e. The topological polar surface area (TPSA) is 20.2 Å². The summed E-state index contributed by atoms with van der Waals surface area (Å²) in [6.07, 6.45) is -0.407. The van der Waals surface area contributed by atoms with Crippen LogP contribution in [-0.4, -0.2) is 10.9 Å². The van der Waals surface area contributed by atoms with Crippen LogP contribution >= 0.6 is 11.8 Å². The van der Waals surface area contributed by atoms with E-state index in [0.29, 0.717) is 5.75 Å². The van der Waals surface area contributed by atoms with E-state index in [9.17, 15) is 5.11 Å². The minimum atomic E-state index is -0.407. The van der Waals surface area contributed by atoms with E-state index in [1.807, 2.05) is 30.3 Å². The normalized spacial score (nSPS) is 12.4. The first-order chi connectivity index (χ1) is 8.68. The summed E-state index contributed by atoms with van der Waals surface area (Å²) in [7, 11) is 0. The Hall–Kier alpha value is -1.25. The van der Waals surface area contributed by atoms with Crippen LogP contribution in [0.15, 0.2) is 53.4 Å². The maximum absolute atomic E-state index is 10.1. The number of hydrogen-bond donors (Lipinski definition) is 1. The first-order valence-electron chi connectivity index (χ1n) is 6.10. The van der Waals surface area contributed by atoms with Crippen LogP contribution in [0.2, 0.25) is 0 Å². The van der Waals surface area contributed by atoms with Gasteiger partial charge in [-0.05, 0) is 30.5 Å². The molecule has 0 bridgehead atoms. The fraction of sp³-hybridized carbons (Fsp3) is 0.250. The highest BCUT2D eigenvalue weighted by atomic mass is 32.2. The summed E-state index contributed by atoms with van der Waals surface area (Å²) >= 11 is 1.73. The SMILES string of the molecule is Cc1cccc(C)c1SC[C@H](O)c1ccccc1. The Morgan fingerprint density at radius 2 is 1.56 bits per heavy atom. The maximum Gasteiger partial charge on any atom is 0.0883 e. The molecule has 0 amide bonds. The standard InChI is InChI=1S/C16H18OS/c1-12-7-6-8-13(2)16(12)18-11-15(17)14-9-4-3-5-10-14/h3-10,15,17H,11H2,1-2H3/t15-/m0/s1. The summed E-state index contributed by atoms with van der Waals surface area (Å²) in [5, 5.41) is 10.1. The Morgan fingerprint density at radius 3 is 2.17 bits per heavy atom. The van der Waals surface area contributed by atoms with Gasteiger partial charge in [0, 0.05) is 10.6 Å². The summed E-state index contributed by atoms with van der Waals surface area (Å²) in [5.41, 5.74) is 3.54. The lowest BCUT2D eigenvalue weighted by molar-refractivity contribution is 0.204. The van der Waals surface area contributed by atoms with Crippen LogP contribution in [0.1, 0.15) is 22.8 Å². The molecule has 0 spiro atoms. The first kappa shape index (κ1) is 13.2. The summed E-state index contributed by atoms with van der Waals surface area (Å²) in [5.74, 6) is 0.690. The van der Waals surface area contributed by atoms with Gasteiger partial charge in [-0.3, -0.25) is 0 Å². The molecule has 0 heterocycles. The number of hydrogen-bond acceptors (Lipinski definition) is 2. The zero-order chi connectivity index (χ0) is 13.0. The van der Waals surface area contributed by atoms with Gasteiger partial charge in [-0.25, -0.2) is 0 Å². The lowest BCUT2D eigenvalue weighted by Gasteiger charge is -2.13. The highest BCUT2D eigenvalue weighted by molar-refractivity contribution is 7.99. The van der Waals surface area contributed by atoms with Gasteiger partial charge in [0.1, 0.15) is 0 Å². The molecule has 0 aliphatic heterocycles. The van der Waals surface area contributed by atoms with Crippen molar-refractivity contribution in [3.63, 3.8) is 0 Å². The molecule has 2 heteroatoms. The molecule has 2 aromatic carbocycles. The molecule has 0 aliphatic rings. The zero-order valence-electron chi connectivity index (χ0n) is 10.8. The largest absolute Gasteiger partial charge is 0.388 e. The maximum atomic E-state index is 10.1. The highest BCUT2D eigenvalue weighted by Gasteiger charge is 2.09. The number of benzene rings is 2. The molecule has 1 N–H and O–H groups in total. The van der Waals surface area contributed by atoms with Crippen molar-refractivity contribution in [1.82, 2.24) is 0 Å². The van der Waals surface area contributed by atoms with Crippen LogP contribution in [0.4, 0.5) is 0 Å². The molecule has 0 aliphatic carbocycles. The predicted molar refractivity (Wildman–Crippen MR) is 78.0 cm³/mol. The molecule has 0 fully saturated rings. The Bertz CT molecular complexity index is 488. The smallest absolute Gasteiger partial charge is 0.0883 e. The van der Waals surface area contributed by atoms with Gasteiger partial charge in [0.2, 0.25) is 0 Å². The Labute approximate surface area is 113 Å². The average molecular weight is 258 g/mol. The number of aliphatic hydroxyl groups is 1. The van der Waals surface area contributed by atoms with Crippen LogP contribution in [0, 0.1) is 13.8 Å². The van der Waals surface area contributed by atoms with E-state index in [0.717, 1.165) is 5.56 Å². The van der Waals surface area contributed by atoms with E-state index in [1.54, 1.807) is 11.8 Å². The zero-order valence-corrected chi connectivity index (χ0v) is 11.6. The number of rotatable bonds is 4. The van der Waals surface area contributed by atoms with E-state index in [-0.39, 0.29) is 0 Å². The van der Waals surface area contributed by atoms with Crippen LogP contribution in [0.25, 0.3) is 0 Å². The summed E-state index contributed by atoms with van der Waals surface area (Å²) in [6.45, 7) is 4.23. The molecule has 0 saturated heterocycles. The first-order valence-corrected chi connectivity index (χ1v) is 7.09. The van der Waals surface area contributed by atoms with Crippen molar-refractivity contribution in [1.29, 1.82) is 0 Å². The molecule has 0 saturated carbocycles. The third kappa shape index (κ3) is 3.15. The van der Waals surface area contributed by atoms with Crippen molar-refractivity contribution in [2.45, 2.75) is 24.8 Å². The van der Waals surface area contributed by atoms with E-state index in [2.05, 4.69) is 32.0 Å². The Morgan fingerprint density at radius 1 is 0.944 bits per heavy atom. The van der Waals surface area contributed by atoms with Gasteiger partial charge in [0.05, 0.1) is 6.10 Å². The Kier molecular flexibility index (Phi) is 4.45. The van der Waals surface area contributed by atoms with Crippen molar-refractivity contribution in [2.24, 2.45) is 0 Å². The number of aliphatic hydroxyl groups excluding tert-OH is 1. The second-order valence-corrected chi connectivity index (χ2v) is 5.49. The Balaban J connectivity index is 2.04. The van der Waals surface area contributed by atoms with E-state index in [4.69, 9.17) is 0 Å².